The van der Waals surface area contributed by atoms with E-state index in [1.807, 2.05) is 0 Å². The lowest BCUT2D eigenvalue weighted by Gasteiger charge is -2.51. The summed E-state index contributed by atoms with van der Waals surface area (Å²) in [6.45, 7) is 18.3. The topological polar surface area (TPSA) is 120 Å². The summed E-state index contributed by atoms with van der Waals surface area (Å²) in [6.07, 6.45) is 17.6. The summed E-state index contributed by atoms with van der Waals surface area (Å²) in [5.41, 5.74) is 2.42. The summed E-state index contributed by atoms with van der Waals surface area (Å²) in [4.78, 5) is 19.5. The monoisotopic (exact) mass is 722 g/mol. The molecule has 44 heavy (non-hydrogen) atoms. The SMILES string of the molecule is C=NNc1ccc([N+](=O)[O-])cc1[N+](=O)[O-].CC(C)CCC[C@@H](C)[C@H]1CCC2C3C(CC[C@@]21C)[C@@]1(C)CCC=C[C@@]1(OI)[C@@H]3C. The third-order valence-corrected chi connectivity index (χ3v) is 13.1. The van der Waals surface area contributed by atoms with Gasteiger partial charge >= 0.3 is 5.69 Å². The highest BCUT2D eigenvalue weighted by Gasteiger charge is 2.70. The second-order valence-corrected chi connectivity index (χ2v) is 15.3. The largest absolute Gasteiger partial charge is 0.304 e. The molecule has 3 saturated carbocycles. The summed E-state index contributed by atoms with van der Waals surface area (Å²) in [5.74, 6) is 5.94. The van der Waals surface area contributed by atoms with Crippen LogP contribution >= 0.6 is 23.0 Å². The number of nitrogens with one attached hydrogen (secondary N) is 1. The van der Waals surface area contributed by atoms with Crippen molar-refractivity contribution >= 4 is 46.8 Å². The fourth-order valence-corrected chi connectivity index (χ4v) is 11.3. The van der Waals surface area contributed by atoms with E-state index in [-0.39, 0.29) is 17.0 Å². The molecule has 0 aromatic heterocycles. The summed E-state index contributed by atoms with van der Waals surface area (Å²) in [7, 11) is 0. The Morgan fingerprint density at radius 2 is 1.82 bits per heavy atom. The van der Waals surface area contributed by atoms with Gasteiger partial charge in [-0.3, -0.25) is 25.7 Å². The second kappa shape index (κ2) is 13.7. The van der Waals surface area contributed by atoms with E-state index < -0.39 is 15.5 Å². The van der Waals surface area contributed by atoms with E-state index in [1.165, 1.54) is 63.9 Å². The van der Waals surface area contributed by atoms with Crippen molar-refractivity contribution in [3.05, 3.63) is 50.6 Å². The van der Waals surface area contributed by atoms with E-state index in [9.17, 15) is 20.2 Å². The molecular weight excluding hydrogens is 671 g/mol. The van der Waals surface area contributed by atoms with E-state index in [2.05, 4.69) is 93.9 Å². The molecular formula is C34H51IN4O5. The highest BCUT2D eigenvalue weighted by Crippen LogP contribution is 2.73. The lowest BCUT2D eigenvalue weighted by atomic mass is 9.53. The molecule has 0 bridgehead atoms. The molecule has 3 fully saturated rings. The van der Waals surface area contributed by atoms with Crippen LogP contribution in [0.4, 0.5) is 17.1 Å². The molecule has 9 atom stereocenters. The minimum atomic E-state index is -0.736. The Morgan fingerprint density at radius 1 is 1.09 bits per heavy atom. The van der Waals surface area contributed by atoms with Crippen molar-refractivity contribution in [3.63, 3.8) is 0 Å². The highest BCUT2D eigenvalue weighted by atomic mass is 127. The summed E-state index contributed by atoms with van der Waals surface area (Å²) >= 11 is 2.24. The van der Waals surface area contributed by atoms with Crippen molar-refractivity contribution in [1.29, 1.82) is 0 Å². The van der Waals surface area contributed by atoms with Crippen LogP contribution in [0.5, 0.6) is 0 Å². The van der Waals surface area contributed by atoms with E-state index in [0.717, 1.165) is 47.6 Å². The number of nitro groups is 2. The molecule has 0 saturated heterocycles. The van der Waals surface area contributed by atoms with Crippen molar-refractivity contribution in [3.8, 4) is 0 Å². The van der Waals surface area contributed by atoms with Crippen LogP contribution in [0.25, 0.3) is 0 Å². The number of allylic oxidation sites excluding steroid dienone is 1. The number of nitrogens with zero attached hydrogens (tertiary/aromatic N) is 3. The maximum Gasteiger partial charge on any atom is 0.301 e. The fourth-order valence-electron chi connectivity index (χ4n) is 10.3. The van der Waals surface area contributed by atoms with Gasteiger partial charge in [-0.2, -0.15) is 5.10 Å². The first-order valence-corrected chi connectivity index (χ1v) is 17.3. The van der Waals surface area contributed by atoms with E-state index in [1.54, 1.807) is 0 Å². The summed E-state index contributed by atoms with van der Waals surface area (Å²) < 4.78 is 6.42. The first-order valence-electron chi connectivity index (χ1n) is 16.4. The van der Waals surface area contributed by atoms with Crippen LogP contribution < -0.4 is 5.43 Å². The van der Waals surface area contributed by atoms with Crippen molar-refractivity contribution in [2.24, 2.45) is 57.4 Å². The van der Waals surface area contributed by atoms with Gasteiger partial charge in [0.25, 0.3) is 5.69 Å². The van der Waals surface area contributed by atoms with Gasteiger partial charge in [0, 0.05) is 18.2 Å². The lowest BCUT2D eigenvalue weighted by molar-refractivity contribution is -0.393. The van der Waals surface area contributed by atoms with Gasteiger partial charge in [-0.1, -0.05) is 73.0 Å². The van der Waals surface area contributed by atoms with Crippen LogP contribution in [0.15, 0.2) is 35.5 Å². The van der Waals surface area contributed by atoms with Gasteiger partial charge in [0.1, 0.15) is 34.3 Å². The Labute approximate surface area is 277 Å². The zero-order chi connectivity index (χ0) is 32.4. The standard InChI is InChI=1S/C27H45IO.C7H6N4O4/c1-18(2)10-9-11-19(3)21-12-13-22-24-20(4)27(29-28)16-8-7-15-26(27,6)23(24)14-17-25(21,22)5;1-8-9-6-3-2-5(10(12)13)4-7(6)11(14)15/h8,16,18-24H,7,9-15,17H2,1-6H3;2-4,9H,1H2/t19-,20-,21-,22?,23?,24?,25-,26-,27-;/m1./s1. The Kier molecular flexibility index (Phi) is 10.9. The molecule has 0 amide bonds. The summed E-state index contributed by atoms with van der Waals surface area (Å²) in [6, 6.07) is 3.19. The summed E-state index contributed by atoms with van der Waals surface area (Å²) in [5, 5.41) is 24.2. The van der Waals surface area contributed by atoms with Crippen molar-refractivity contribution in [2.45, 2.75) is 105 Å². The molecule has 1 N–H and O–H groups in total. The average molecular weight is 723 g/mol. The number of hydrogen-bond donors (Lipinski definition) is 1. The van der Waals surface area contributed by atoms with Gasteiger partial charge < -0.3 is 3.07 Å². The van der Waals surface area contributed by atoms with Crippen LogP contribution in [0.1, 0.15) is 99.3 Å². The molecule has 5 rings (SSSR count). The number of nitro benzene ring substituents is 2. The second-order valence-electron chi connectivity index (χ2n) is 14.8. The van der Waals surface area contributed by atoms with Gasteiger partial charge in [-0.05, 0) is 91.4 Å². The van der Waals surface area contributed by atoms with Gasteiger partial charge in [-0.15, -0.1) is 0 Å². The number of halogens is 1. The molecule has 1 aromatic rings. The zero-order valence-electron chi connectivity index (χ0n) is 27.3. The van der Waals surface area contributed by atoms with E-state index in [4.69, 9.17) is 3.07 Å². The molecule has 244 valence electrons. The molecule has 4 aliphatic rings. The molecule has 9 nitrogen and oxygen atoms in total. The molecule has 0 heterocycles. The van der Waals surface area contributed by atoms with Crippen LogP contribution in [0.3, 0.4) is 0 Å². The number of anilines is 1. The molecule has 0 aliphatic heterocycles. The van der Waals surface area contributed by atoms with Crippen LogP contribution in [-0.4, -0.2) is 22.2 Å². The number of hydrogen-bond acceptors (Lipinski definition) is 7. The van der Waals surface area contributed by atoms with Crippen molar-refractivity contribution in [2.75, 3.05) is 5.43 Å². The predicted octanol–water partition coefficient (Wildman–Crippen LogP) is 10.1. The van der Waals surface area contributed by atoms with E-state index in [0.29, 0.717) is 16.7 Å². The van der Waals surface area contributed by atoms with Crippen LogP contribution in [0, 0.1) is 72.5 Å². The van der Waals surface area contributed by atoms with Crippen molar-refractivity contribution < 1.29 is 12.9 Å². The maximum absolute atomic E-state index is 10.6. The van der Waals surface area contributed by atoms with Crippen LogP contribution in [-0.2, 0) is 3.07 Å². The molecule has 1 aromatic carbocycles. The minimum Gasteiger partial charge on any atom is -0.304 e. The normalized spacial score (nSPS) is 36.0. The zero-order valence-corrected chi connectivity index (χ0v) is 29.4. The number of non-ortho nitro benzene ring substituents is 1. The quantitative estimate of drug-likeness (QED) is 0.0844. The fraction of sp³-hybridized carbons (Fsp3) is 0.735. The first-order chi connectivity index (χ1) is 20.8. The number of rotatable bonds is 10. The molecule has 10 heteroatoms. The first kappa shape index (κ1) is 34.8. The molecule has 0 spiro atoms. The van der Waals surface area contributed by atoms with Gasteiger partial charge in [0.15, 0.2) is 0 Å². The third-order valence-electron chi connectivity index (χ3n) is 12.4. The highest BCUT2D eigenvalue weighted by molar-refractivity contribution is 14.1. The Balaban J connectivity index is 0.000000249. The molecule has 3 unspecified atom stereocenters. The lowest BCUT2D eigenvalue weighted by Crippen LogP contribution is -2.48. The third kappa shape index (κ3) is 6.06. The molecule has 0 radical (unpaired) electrons. The Hall–Kier alpha value is -2.08. The Bertz CT molecular complexity index is 1260. The Morgan fingerprint density at radius 3 is 2.43 bits per heavy atom. The van der Waals surface area contributed by atoms with Crippen LogP contribution in [0.2, 0.25) is 0 Å². The van der Waals surface area contributed by atoms with Gasteiger partial charge in [0.05, 0.1) is 15.9 Å². The smallest absolute Gasteiger partial charge is 0.301 e. The average Bonchev–Trinajstić information content (AvgIpc) is 3.42. The van der Waals surface area contributed by atoms with Gasteiger partial charge in [-0.25, -0.2) is 0 Å². The molecule has 4 aliphatic carbocycles. The number of hydrazone groups is 1. The number of fused-ring (bicyclic) bond motifs is 5. The predicted molar refractivity (Wildman–Crippen MR) is 185 cm³/mol. The van der Waals surface area contributed by atoms with E-state index >= 15 is 0 Å². The van der Waals surface area contributed by atoms with Gasteiger partial charge in [0.2, 0.25) is 0 Å². The maximum atomic E-state index is 10.6. The minimum absolute atomic E-state index is 0.0344. The number of benzene rings is 1. The van der Waals surface area contributed by atoms with Crippen molar-refractivity contribution in [1.82, 2.24) is 0 Å².